The van der Waals surface area contributed by atoms with Gasteiger partial charge in [-0.15, -0.1) is 0 Å². The number of aliphatic imine (C=N–C) groups is 1. The number of allylic oxidation sites excluding steroid dienone is 2. The van der Waals surface area contributed by atoms with Gasteiger partial charge in [0.2, 0.25) is 0 Å². The summed E-state index contributed by atoms with van der Waals surface area (Å²) < 4.78 is 0. The first-order valence-corrected chi connectivity index (χ1v) is 8.28. The Balaban J connectivity index is 2.59. The molecule has 0 N–H and O–H groups in total. The molecule has 1 heterocycles. The van der Waals surface area contributed by atoms with E-state index in [0.717, 1.165) is 25.7 Å². The molecule has 0 fully saturated rings. The van der Waals surface area contributed by atoms with Crippen molar-refractivity contribution in [2.75, 3.05) is 0 Å². The van der Waals surface area contributed by atoms with Gasteiger partial charge in [0.05, 0.1) is 5.71 Å². The second-order valence-electron chi connectivity index (χ2n) is 5.58. The smallest absolute Gasteiger partial charge is 0.101 e. The molecule has 1 aromatic rings. The van der Waals surface area contributed by atoms with E-state index in [1.54, 1.807) is 0 Å². The van der Waals surface area contributed by atoms with E-state index in [1.165, 1.54) is 22.4 Å². The molecule has 1 nitrogen and oxygen atoms in total. The highest BCUT2D eigenvalue weighted by molar-refractivity contribution is 6.15. The highest BCUT2D eigenvalue weighted by atomic mass is 14.9. The predicted molar refractivity (Wildman–Crippen MR) is 93.0 cm³/mol. The lowest BCUT2D eigenvalue weighted by Gasteiger charge is -2.25. The minimum atomic E-state index is -0.110. The maximum atomic E-state index is 5.21. The molecule has 1 aliphatic heterocycles. The van der Waals surface area contributed by atoms with Gasteiger partial charge in [0, 0.05) is 0 Å². The SMILES string of the molecule is CC/C=C/C1(CC)N=C(c2ccccc2)C(CC)=C1CC. The second kappa shape index (κ2) is 6.89. The first kappa shape index (κ1) is 15.8. The van der Waals surface area contributed by atoms with Gasteiger partial charge >= 0.3 is 0 Å². The van der Waals surface area contributed by atoms with Gasteiger partial charge in [-0.25, -0.2) is 0 Å². The maximum absolute atomic E-state index is 5.21. The minimum absolute atomic E-state index is 0.110. The zero-order chi connectivity index (χ0) is 15.3. The lowest BCUT2D eigenvalue weighted by molar-refractivity contribution is 0.586. The predicted octanol–water partition coefficient (Wildman–Crippen LogP) is 5.72. The molecule has 0 spiro atoms. The molecule has 21 heavy (non-hydrogen) atoms. The molecule has 0 radical (unpaired) electrons. The summed E-state index contributed by atoms with van der Waals surface area (Å²) >= 11 is 0. The van der Waals surface area contributed by atoms with Crippen LogP contribution in [-0.2, 0) is 0 Å². The van der Waals surface area contributed by atoms with Crippen molar-refractivity contribution in [3.05, 3.63) is 59.2 Å². The van der Waals surface area contributed by atoms with E-state index >= 15 is 0 Å². The third kappa shape index (κ3) is 2.88. The van der Waals surface area contributed by atoms with Crippen molar-refractivity contribution >= 4 is 5.71 Å². The Hall–Kier alpha value is -1.63. The van der Waals surface area contributed by atoms with Crippen LogP contribution < -0.4 is 0 Å². The van der Waals surface area contributed by atoms with Crippen molar-refractivity contribution in [1.29, 1.82) is 0 Å². The molecule has 0 amide bonds. The quantitative estimate of drug-likeness (QED) is 0.591. The molecule has 1 heteroatoms. The molecule has 1 aliphatic rings. The first-order valence-electron chi connectivity index (χ1n) is 8.28. The van der Waals surface area contributed by atoms with Crippen LogP contribution in [0, 0.1) is 0 Å². The summed E-state index contributed by atoms with van der Waals surface area (Å²) in [4.78, 5) is 5.21. The Bertz CT molecular complexity index is 563. The maximum Gasteiger partial charge on any atom is 0.101 e. The van der Waals surface area contributed by atoms with Gasteiger partial charge in [0.25, 0.3) is 0 Å². The Morgan fingerprint density at radius 2 is 1.71 bits per heavy atom. The largest absolute Gasteiger partial charge is 0.269 e. The van der Waals surface area contributed by atoms with Crippen LogP contribution in [0.15, 0.2) is 58.6 Å². The fourth-order valence-electron chi connectivity index (χ4n) is 3.33. The van der Waals surface area contributed by atoms with Crippen LogP contribution in [-0.4, -0.2) is 11.3 Å². The molecule has 0 aromatic heterocycles. The molecule has 0 saturated heterocycles. The number of benzene rings is 1. The van der Waals surface area contributed by atoms with E-state index in [0.29, 0.717) is 0 Å². The summed E-state index contributed by atoms with van der Waals surface area (Å²) in [6.45, 7) is 8.95. The third-order valence-electron chi connectivity index (χ3n) is 4.41. The number of nitrogens with zero attached hydrogens (tertiary/aromatic N) is 1. The van der Waals surface area contributed by atoms with E-state index in [9.17, 15) is 0 Å². The number of hydrogen-bond acceptors (Lipinski definition) is 1. The van der Waals surface area contributed by atoms with E-state index < -0.39 is 0 Å². The Morgan fingerprint density at radius 3 is 2.24 bits per heavy atom. The zero-order valence-electron chi connectivity index (χ0n) is 13.8. The summed E-state index contributed by atoms with van der Waals surface area (Å²) in [5.74, 6) is 0. The fourth-order valence-corrected chi connectivity index (χ4v) is 3.33. The Labute approximate surface area is 129 Å². The van der Waals surface area contributed by atoms with Crippen molar-refractivity contribution in [3.8, 4) is 0 Å². The van der Waals surface area contributed by atoms with Gasteiger partial charge in [-0.05, 0) is 42.4 Å². The molecule has 1 aromatic carbocycles. The zero-order valence-corrected chi connectivity index (χ0v) is 13.8. The van der Waals surface area contributed by atoms with Crippen molar-refractivity contribution in [2.45, 2.75) is 58.9 Å². The van der Waals surface area contributed by atoms with Crippen LogP contribution in [0.5, 0.6) is 0 Å². The van der Waals surface area contributed by atoms with Gasteiger partial charge in [-0.1, -0.05) is 70.2 Å². The Kier molecular flexibility index (Phi) is 5.17. The summed E-state index contributed by atoms with van der Waals surface area (Å²) in [5.41, 5.74) is 5.31. The van der Waals surface area contributed by atoms with Gasteiger partial charge in [0.15, 0.2) is 0 Å². The van der Waals surface area contributed by atoms with Crippen molar-refractivity contribution in [3.63, 3.8) is 0 Å². The monoisotopic (exact) mass is 281 g/mol. The standard InChI is InChI=1S/C20H27N/c1-5-9-15-20(8-4)18(7-3)17(6-2)19(21-20)16-13-11-10-12-14-16/h9-15H,5-8H2,1-4H3/b15-9+. The normalized spacial score (nSPS) is 22.2. The lowest BCUT2D eigenvalue weighted by atomic mass is 9.83. The molecular formula is C20H27N. The molecule has 0 bridgehead atoms. The van der Waals surface area contributed by atoms with Crippen molar-refractivity contribution in [2.24, 2.45) is 4.99 Å². The molecule has 0 aliphatic carbocycles. The van der Waals surface area contributed by atoms with E-state index in [1.807, 2.05) is 0 Å². The molecule has 2 rings (SSSR count). The minimum Gasteiger partial charge on any atom is -0.269 e. The van der Waals surface area contributed by atoms with E-state index in [4.69, 9.17) is 4.99 Å². The highest BCUT2D eigenvalue weighted by Gasteiger charge is 2.37. The van der Waals surface area contributed by atoms with Gasteiger partial charge in [-0.2, -0.15) is 0 Å². The van der Waals surface area contributed by atoms with Crippen LogP contribution in [0.25, 0.3) is 0 Å². The van der Waals surface area contributed by atoms with Crippen LogP contribution in [0.1, 0.15) is 58.9 Å². The average molecular weight is 281 g/mol. The summed E-state index contributed by atoms with van der Waals surface area (Å²) in [6, 6.07) is 10.6. The summed E-state index contributed by atoms with van der Waals surface area (Å²) in [5, 5.41) is 0. The van der Waals surface area contributed by atoms with Gasteiger partial charge in [0.1, 0.15) is 5.54 Å². The molecule has 1 atom stereocenters. The molecule has 112 valence electrons. The molecular weight excluding hydrogens is 254 g/mol. The molecule has 0 saturated carbocycles. The van der Waals surface area contributed by atoms with Crippen molar-refractivity contribution < 1.29 is 0 Å². The molecule has 1 unspecified atom stereocenters. The van der Waals surface area contributed by atoms with Crippen LogP contribution >= 0.6 is 0 Å². The van der Waals surface area contributed by atoms with Crippen LogP contribution in [0.2, 0.25) is 0 Å². The first-order chi connectivity index (χ1) is 10.2. The van der Waals surface area contributed by atoms with Crippen molar-refractivity contribution in [1.82, 2.24) is 0 Å². The average Bonchev–Trinajstić information content (AvgIpc) is 2.87. The topological polar surface area (TPSA) is 12.4 Å². The van der Waals surface area contributed by atoms with Crippen LogP contribution in [0.3, 0.4) is 0 Å². The van der Waals surface area contributed by atoms with Gasteiger partial charge < -0.3 is 0 Å². The summed E-state index contributed by atoms with van der Waals surface area (Å²) in [6.07, 6.45) is 8.83. The number of hydrogen-bond donors (Lipinski definition) is 0. The van der Waals surface area contributed by atoms with E-state index in [-0.39, 0.29) is 5.54 Å². The van der Waals surface area contributed by atoms with Gasteiger partial charge in [-0.3, -0.25) is 4.99 Å². The highest BCUT2D eigenvalue weighted by Crippen LogP contribution is 2.40. The second-order valence-corrected chi connectivity index (χ2v) is 5.58. The van der Waals surface area contributed by atoms with Crippen LogP contribution in [0.4, 0.5) is 0 Å². The fraction of sp³-hybridized carbons (Fsp3) is 0.450. The number of rotatable bonds is 6. The third-order valence-corrected chi connectivity index (χ3v) is 4.41. The summed E-state index contributed by atoms with van der Waals surface area (Å²) in [7, 11) is 0. The Morgan fingerprint density at radius 1 is 1.00 bits per heavy atom. The lowest BCUT2D eigenvalue weighted by Crippen LogP contribution is -2.23. The van der Waals surface area contributed by atoms with E-state index in [2.05, 4.69) is 70.2 Å².